The fourth-order valence-corrected chi connectivity index (χ4v) is 2.09. The van der Waals surface area contributed by atoms with E-state index in [1.807, 2.05) is 14.1 Å². The van der Waals surface area contributed by atoms with Crippen molar-refractivity contribution in [3.8, 4) is 0 Å². The van der Waals surface area contributed by atoms with E-state index in [4.69, 9.17) is 16.3 Å². The molecule has 2 atom stereocenters. The summed E-state index contributed by atoms with van der Waals surface area (Å²) in [4.78, 5) is 0. The summed E-state index contributed by atoms with van der Waals surface area (Å²) in [5.41, 5.74) is 0.966. The summed E-state index contributed by atoms with van der Waals surface area (Å²) in [7, 11) is 5.49. The molecule has 0 aliphatic rings. The van der Waals surface area contributed by atoms with Crippen LogP contribution in [0.25, 0.3) is 0 Å². The van der Waals surface area contributed by atoms with Crippen molar-refractivity contribution in [1.29, 1.82) is 0 Å². The highest BCUT2D eigenvalue weighted by Gasteiger charge is 2.25. The predicted molar refractivity (Wildman–Crippen MR) is 61.1 cm³/mol. The number of aromatic nitrogens is 2. The zero-order chi connectivity index (χ0) is 11.4. The van der Waals surface area contributed by atoms with Gasteiger partial charge in [-0.15, -0.1) is 0 Å². The summed E-state index contributed by atoms with van der Waals surface area (Å²) in [5.74, 6) is 0. The van der Waals surface area contributed by atoms with E-state index in [1.165, 1.54) is 0 Å². The van der Waals surface area contributed by atoms with Crippen LogP contribution >= 0.6 is 11.6 Å². The van der Waals surface area contributed by atoms with Gasteiger partial charge in [0.05, 0.1) is 29.1 Å². The molecule has 15 heavy (non-hydrogen) atoms. The van der Waals surface area contributed by atoms with Gasteiger partial charge in [-0.2, -0.15) is 5.10 Å². The van der Waals surface area contributed by atoms with E-state index in [0.29, 0.717) is 5.02 Å². The van der Waals surface area contributed by atoms with Crippen LogP contribution in [0, 0.1) is 0 Å². The monoisotopic (exact) mass is 231 g/mol. The van der Waals surface area contributed by atoms with Gasteiger partial charge in [0.2, 0.25) is 0 Å². The Balaban J connectivity index is 3.01. The lowest BCUT2D eigenvalue weighted by Crippen LogP contribution is -2.32. The highest BCUT2D eigenvalue weighted by atomic mass is 35.5. The van der Waals surface area contributed by atoms with Crippen molar-refractivity contribution in [3.05, 3.63) is 16.9 Å². The van der Waals surface area contributed by atoms with Crippen molar-refractivity contribution >= 4 is 11.6 Å². The molecule has 0 bridgehead atoms. The molecule has 2 unspecified atom stereocenters. The lowest BCUT2D eigenvalue weighted by atomic mass is 10.1. The number of ether oxygens (including phenoxy) is 1. The molecule has 1 heterocycles. The largest absolute Gasteiger partial charge is 0.379 e. The molecule has 1 aromatic heterocycles. The van der Waals surface area contributed by atoms with Crippen LogP contribution in [0.3, 0.4) is 0 Å². The maximum absolute atomic E-state index is 6.10. The molecule has 4 nitrogen and oxygen atoms in total. The number of nitrogens with one attached hydrogen (secondary N) is 1. The number of hydrogen-bond donors (Lipinski definition) is 1. The summed E-state index contributed by atoms with van der Waals surface area (Å²) < 4.78 is 7.21. The number of likely N-dealkylation sites (N-methyl/N-ethyl adjacent to an activating group) is 1. The zero-order valence-electron chi connectivity index (χ0n) is 9.62. The topological polar surface area (TPSA) is 39.1 Å². The molecule has 1 aromatic rings. The van der Waals surface area contributed by atoms with Crippen LogP contribution in [-0.2, 0) is 11.8 Å². The fraction of sp³-hybridized carbons (Fsp3) is 0.700. The van der Waals surface area contributed by atoms with Crippen molar-refractivity contribution in [1.82, 2.24) is 15.1 Å². The van der Waals surface area contributed by atoms with Gasteiger partial charge in [0.25, 0.3) is 0 Å². The first kappa shape index (κ1) is 12.5. The second-order valence-corrected chi connectivity index (χ2v) is 3.86. The third-order valence-corrected chi connectivity index (χ3v) is 2.91. The van der Waals surface area contributed by atoms with E-state index >= 15 is 0 Å². The van der Waals surface area contributed by atoms with Crippen LogP contribution in [0.15, 0.2) is 6.20 Å². The maximum Gasteiger partial charge on any atom is 0.0835 e. The normalized spacial score (nSPS) is 15.3. The summed E-state index contributed by atoms with van der Waals surface area (Å²) in [5, 5.41) is 8.02. The van der Waals surface area contributed by atoms with E-state index in [-0.39, 0.29) is 12.1 Å². The predicted octanol–water partition coefficient (Wildman–Crippen LogP) is 1.76. The van der Waals surface area contributed by atoms with Crippen molar-refractivity contribution in [3.63, 3.8) is 0 Å². The zero-order valence-corrected chi connectivity index (χ0v) is 10.4. The molecule has 0 radical (unpaired) electrons. The molecule has 0 aliphatic heterocycles. The highest BCUT2D eigenvalue weighted by molar-refractivity contribution is 6.31. The molecule has 5 heteroatoms. The van der Waals surface area contributed by atoms with Crippen LogP contribution in [0.5, 0.6) is 0 Å². The molecule has 86 valence electrons. The lowest BCUT2D eigenvalue weighted by Gasteiger charge is -2.25. The SMILES string of the molecule is CCC(OC)C(NC)c1c(Cl)cnn1C. The third-order valence-electron chi connectivity index (χ3n) is 2.62. The molecule has 0 aliphatic carbocycles. The Morgan fingerprint density at radius 2 is 2.33 bits per heavy atom. The Bertz CT molecular complexity index is 290. The van der Waals surface area contributed by atoms with E-state index in [1.54, 1.807) is 18.0 Å². The first-order valence-electron chi connectivity index (χ1n) is 5.03. The van der Waals surface area contributed by atoms with Crippen molar-refractivity contribution < 1.29 is 4.74 Å². The van der Waals surface area contributed by atoms with Crippen LogP contribution < -0.4 is 5.32 Å². The number of rotatable bonds is 5. The van der Waals surface area contributed by atoms with Crippen LogP contribution in [0.4, 0.5) is 0 Å². The summed E-state index contributed by atoms with van der Waals surface area (Å²) >= 11 is 6.10. The molecule has 0 saturated heterocycles. The number of aryl methyl sites for hydroxylation is 1. The van der Waals surface area contributed by atoms with Crippen LogP contribution in [0.1, 0.15) is 25.1 Å². The Morgan fingerprint density at radius 1 is 1.67 bits per heavy atom. The van der Waals surface area contributed by atoms with Gasteiger partial charge in [0.1, 0.15) is 0 Å². The molecular formula is C10H18ClN3O. The Kier molecular flexibility index (Phi) is 4.57. The molecule has 1 rings (SSSR count). The minimum Gasteiger partial charge on any atom is -0.379 e. The average Bonchev–Trinajstić information content (AvgIpc) is 2.56. The van der Waals surface area contributed by atoms with Gasteiger partial charge in [-0.3, -0.25) is 4.68 Å². The van der Waals surface area contributed by atoms with Gasteiger partial charge in [0.15, 0.2) is 0 Å². The second-order valence-electron chi connectivity index (χ2n) is 3.45. The van der Waals surface area contributed by atoms with Gasteiger partial charge in [-0.25, -0.2) is 0 Å². The van der Waals surface area contributed by atoms with Crippen molar-refractivity contribution in [2.75, 3.05) is 14.2 Å². The highest BCUT2D eigenvalue weighted by Crippen LogP contribution is 2.26. The number of halogens is 1. The van der Waals surface area contributed by atoms with Crippen molar-refractivity contribution in [2.24, 2.45) is 7.05 Å². The number of hydrogen-bond acceptors (Lipinski definition) is 3. The summed E-state index contributed by atoms with van der Waals surface area (Å²) in [6, 6.07) is 0.0694. The standard InChI is InChI=1S/C10H18ClN3O/c1-5-8(15-4)9(12-2)10-7(11)6-13-14(10)3/h6,8-9,12H,5H2,1-4H3. The van der Waals surface area contributed by atoms with Crippen LogP contribution in [0.2, 0.25) is 5.02 Å². The van der Waals surface area contributed by atoms with E-state index in [2.05, 4.69) is 17.3 Å². The first-order valence-corrected chi connectivity index (χ1v) is 5.40. The minimum absolute atomic E-state index is 0.0694. The Labute approximate surface area is 95.6 Å². The molecule has 1 N–H and O–H groups in total. The Hall–Kier alpha value is -0.580. The van der Waals surface area contributed by atoms with E-state index < -0.39 is 0 Å². The molecule has 0 spiro atoms. The quantitative estimate of drug-likeness (QED) is 0.840. The van der Waals surface area contributed by atoms with Crippen molar-refractivity contribution in [2.45, 2.75) is 25.5 Å². The lowest BCUT2D eigenvalue weighted by molar-refractivity contribution is 0.0651. The molecule has 0 saturated carbocycles. The second kappa shape index (κ2) is 5.49. The average molecular weight is 232 g/mol. The van der Waals surface area contributed by atoms with Gasteiger partial charge < -0.3 is 10.1 Å². The summed E-state index contributed by atoms with van der Waals surface area (Å²) in [6.07, 6.45) is 2.68. The van der Waals surface area contributed by atoms with E-state index in [9.17, 15) is 0 Å². The maximum atomic E-state index is 6.10. The molecule has 0 aromatic carbocycles. The molecule has 0 amide bonds. The number of nitrogens with zero attached hydrogens (tertiary/aromatic N) is 2. The smallest absolute Gasteiger partial charge is 0.0835 e. The first-order chi connectivity index (χ1) is 7.15. The Morgan fingerprint density at radius 3 is 2.67 bits per heavy atom. The fourth-order valence-electron chi connectivity index (χ4n) is 1.81. The van der Waals surface area contributed by atoms with Gasteiger partial charge in [0, 0.05) is 14.2 Å². The third kappa shape index (κ3) is 2.51. The molecule has 0 fully saturated rings. The van der Waals surface area contributed by atoms with E-state index in [0.717, 1.165) is 12.1 Å². The van der Waals surface area contributed by atoms with Gasteiger partial charge >= 0.3 is 0 Å². The molecular weight excluding hydrogens is 214 g/mol. The number of methoxy groups -OCH3 is 1. The minimum atomic E-state index is 0.0694. The van der Waals surface area contributed by atoms with Crippen LogP contribution in [-0.4, -0.2) is 30.0 Å². The van der Waals surface area contributed by atoms with Gasteiger partial charge in [-0.1, -0.05) is 18.5 Å². The summed E-state index contributed by atoms with van der Waals surface area (Å²) in [6.45, 7) is 2.09. The van der Waals surface area contributed by atoms with Gasteiger partial charge in [-0.05, 0) is 13.5 Å².